The molecule has 1 atom stereocenters. The Morgan fingerprint density at radius 2 is 1.40 bits per heavy atom. The van der Waals surface area contributed by atoms with E-state index >= 15 is 0 Å². The molecule has 3 rings (SSSR count). The van der Waals surface area contributed by atoms with Crippen molar-refractivity contribution in [1.29, 1.82) is 0 Å². The van der Waals surface area contributed by atoms with Gasteiger partial charge >= 0.3 is 0 Å². The summed E-state index contributed by atoms with van der Waals surface area (Å²) in [5.41, 5.74) is -0.124. The second kappa shape index (κ2) is 13.9. The number of carbonyl (C=O) groups excluding carboxylic acids is 3. The maximum Gasteiger partial charge on any atom is 0.261 e. The number of para-hydroxylation sites is 1. The maximum absolute atomic E-state index is 14.2. The molecule has 0 aliphatic carbocycles. The second-order valence-electron chi connectivity index (χ2n) is 10.0. The maximum atomic E-state index is 14.2. The lowest BCUT2D eigenvalue weighted by Gasteiger charge is -2.35. The molecule has 0 unspecified atom stereocenters. The first-order valence-electron chi connectivity index (χ1n) is 13.0. The summed E-state index contributed by atoms with van der Waals surface area (Å²) in [5.74, 6) is -0.116. The minimum absolute atomic E-state index is 0.195. The van der Waals surface area contributed by atoms with E-state index in [0.717, 1.165) is 0 Å². The summed E-state index contributed by atoms with van der Waals surface area (Å²) in [6, 6.07) is 10.3. The van der Waals surface area contributed by atoms with E-state index in [4.69, 9.17) is 23.7 Å². The fourth-order valence-corrected chi connectivity index (χ4v) is 4.96. The van der Waals surface area contributed by atoms with Crippen molar-refractivity contribution in [2.45, 2.75) is 32.4 Å². The van der Waals surface area contributed by atoms with Gasteiger partial charge in [-0.2, -0.15) is 0 Å². The molecule has 0 saturated carbocycles. The van der Waals surface area contributed by atoms with Crippen LogP contribution in [0.4, 0.5) is 5.69 Å². The first-order chi connectivity index (χ1) is 20.0. The van der Waals surface area contributed by atoms with Crippen molar-refractivity contribution in [2.24, 2.45) is 0 Å². The van der Waals surface area contributed by atoms with E-state index < -0.39 is 35.8 Å². The van der Waals surface area contributed by atoms with Crippen molar-refractivity contribution in [2.75, 3.05) is 47.0 Å². The largest absolute Gasteiger partial charge is 0.494 e. The summed E-state index contributed by atoms with van der Waals surface area (Å²) in [6.07, 6.45) is 0. The van der Waals surface area contributed by atoms with Gasteiger partial charge in [-0.1, -0.05) is 12.1 Å². The van der Waals surface area contributed by atoms with Crippen LogP contribution in [0.1, 0.15) is 42.0 Å². The molecule has 0 aliphatic rings. The monoisotopic (exact) mass is 599 g/mol. The molecule has 2 aromatic carbocycles. The van der Waals surface area contributed by atoms with Gasteiger partial charge in [-0.3, -0.25) is 19.3 Å². The highest BCUT2D eigenvalue weighted by molar-refractivity contribution is 7.12. The molecule has 11 nitrogen and oxygen atoms in total. The molecule has 1 heterocycles. The summed E-state index contributed by atoms with van der Waals surface area (Å²) in [6.45, 7) is 5.05. The number of hydrogen-bond donors (Lipinski definition) is 2. The van der Waals surface area contributed by atoms with Gasteiger partial charge < -0.3 is 34.3 Å². The van der Waals surface area contributed by atoms with E-state index in [1.807, 2.05) is 20.8 Å². The summed E-state index contributed by atoms with van der Waals surface area (Å²) in [5, 5.41) is 7.40. The lowest BCUT2D eigenvalue weighted by molar-refractivity contribution is -0.127. The predicted molar refractivity (Wildman–Crippen MR) is 160 cm³/mol. The van der Waals surface area contributed by atoms with Crippen LogP contribution in [-0.4, -0.2) is 65.4 Å². The number of anilines is 1. The summed E-state index contributed by atoms with van der Waals surface area (Å²) in [7, 11) is 7.27. The zero-order chi connectivity index (χ0) is 31.0. The first-order valence-corrected chi connectivity index (χ1v) is 13.8. The lowest BCUT2D eigenvalue weighted by atomic mass is 9.99. The number of thiophene rings is 1. The molecule has 3 aromatic rings. The van der Waals surface area contributed by atoms with Gasteiger partial charge in [0.2, 0.25) is 17.6 Å². The Labute approximate surface area is 249 Å². The molecule has 1 aromatic heterocycles. The van der Waals surface area contributed by atoms with Gasteiger partial charge in [0.1, 0.15) is 23.2 Å². The van der Waals surface area contributed by atoms with Crippen molar-refractivity contribution >= 4 is 34.7 Å². The smallest absolute Gasteiger partial charge is 0.261 e. The highest BCUT2D eigenvalue weighted by atomic mass is 32.1. The molecule has 42 heavy (non-hydrogen) atoms. The lowest BCUT2D eigenvalue weighted by Crippen LogP contribution is -2.51. The number of benzene rings is 2. The van der Waals surface area contributed by atoms with Crippen LogP contribution in [-0.2, 0) is 9.59 Å². The van der Waals surface area contributed by atoms with E-state index in [2.05, 4.69) is 10.6 Å². The van der Waals surface area contributed by atoms with Crippen LogP contribution in [0.5, 0.6) is 28.7 Å². The molecule has 12 heteroatoms. The van der Waals surface area contributed by atoms with Crippen LogP contribution < -0.4 is 39.2 Å². The van der Waals surface area contributed by atoms with Crippen LogP contribution in [0, 0.1) is 0 Å². The third kappa shape index (κ3) is 7.24. The number of carbonyl (C=O) groups is 3. The van der Waals surface area contributed by atoms with E-state index in [-0.39, 0.29) is 28.7 Å². The number of methoxy groups -OCH3 is 5. The molecule has 0 radical (unpaired) electrons. The van der Waals surface area contributed by atoms with Gasteiger partial charge in [0, 0.05) is 5.54 Å². The molecular weight excluding hydrogens is 562 g/mol. The SMILES string of the molecule is COc1cc([C@H](C(=O)NC(C)(C)C)N(C(=O)CNC(=O)c2cccs2)c2c(OC)cccc2OC)cc(OC)c1OC. The molecule has 0 bridgehead atoms. The number of amides is 3. The molecule has 2 N–H and O–H groups in total. The van der Waals surface area contributed by atoms with Gasteiger partial charge in [0.25, 0.3) is 5.91 Å². The Morgan fingerprint density at radius 1 is 0.833 bits per heavy atom. The number of nitrogens with one attached hydrogen (secondary N) is 2. The first kappa shape index (κ1) is 32.1. The summed E-state index contributed by atoms with van der Waals surface area (Å²) < 4.78 is 27.9. The van der Waals surface area contributed by atoms with Crippen molar-refractivity contribution in [3.63, 3.8) is 0 Å². The second-order valence-corrected chi connectivity index (χ2v) is 11.0. The van der Waals surface area contributed by atoms with Gasteiger partial charge in [-0.25, -0.2) is 0 Å². The van der Waals surface area contributed by atoms with Crippen LogP contribution >= 0.6 is 11.3 Å². The highest BCUT2D eigenvalue weighted by Crippen LogP contribution is 2.45. The Bertz CT molecular complexity index is 1350. The third-order valence-electron chi connectivity index (χ3n) is 6.06. The molecule has 226 valence electrons. The average molecular weight is 600 g/mol. The molecule has 0 spiro atoms. The van der Waals surface area contributed by atoms with Gasteiger partial charge in [0.15, 0.2) is 11.5 Å². The standard InChI is InChI=1S/C30H37N3O8S/c1-30(2,3)32-29(36)25(18-15-21(39-6)27(41-8)22(16-18)40-7)33(26-19(37-4)11-9-12-20(26)38-5)24(34)17-31-28(35)23-13-10-14-42-23/h9-16,25H,17H2,1-8H3,(H,31,35)(H,32,36)/t25-/m1/s1. The zero-order valence-corrected chi connectivity index (χ0v) is 25.8. The third-order valence-corrected chi connectivity index (χ3v) is 6.93. The van der Waals surface area contributed by atoms with E-state index in [1.165, 1.54) is 51.8 Å². The van der Waals surface area contributed by atoms with Crippen molar-refractivity contribution < 1.29 is 38.1 Å². The van der Waals surface area contributed by atoms with Crippen molar-refractivity contribution in [3.8, 4) is 28.7 Å². The Morgan fingerprint density at radius 3 is 1.86 bits per heavy atom. The average Bonchev–Trinajstić information content (AvgIpc) is 3.51. The van der Waals surface area contributed by atoms with Crippen molar-refractivity contribution in [1.82, 2.24) is 10.6 Å². The molecule has 3 amide bonds. The van der Waals surface area contributed by atoms with Crippen LogP contribution in [0.25, 0.3) is 0 Å². The summed E-state index contributed by atoms with van der Waals surface area (Å²) in [4.78, 5) is 42.8. The minimum atomic E-state index is -1.30. The number of ether oxygens (including phenoxy) is 5. The molecule has 0 saturated heterocycles. The number of nitrogens with zero attached hydrogens (tertiary/aromatic N) is 1. The van der Waals surface area contributed by atoms with Gasteiger partial charge in [-0.05, 0) is 62.0 Å². The Kier molecular flexibility index (Phi) is 10.6. The molecular formula is C30H37N3O8S. The van der Waals surface area contributed by atoms with Gasteiger partial charge in [0.05, 0.1) is 47.0 Å². The summed E-state index contributed by atoms with van der Waals surface area (Å²) >= 11 is 1.24. The fraction of sp³-hybridized carbons (Fsp3) is 0.367. The van der Waals surface area contributed by atoms with Gasteiger partial charge in [-0.15, -0.1) is 11.3 Å². The normalized spacial score (nSPS) is 11.6. The van der Waals surface area contributed by atoms with E-state index in [0.29, 0.717) is 16.2 Å². The highest BCUT2D eigenvalue weighted by Gasteiger charge is 2.38. The predicted octanol–water partition coefficient (Wildman–Crippen LogP) is 4.21. The van der Waals surface area contributed by atoms with Crippen LogP contribution in [0.2, 0.25) is 0 Å². The fourth-order valence-electron chi connectivity index (χ4n) is 4.32. The van der Waals surface area contributed by atoms with E-state index in [1.54, 1.807) is 47.8 Å². The minimum Gasteiger partial charge on any atom is -0.494 e. The van der Waals surface area contributed by atoms with E-state index in [9.17, 15) is 14.4 Å². The van der Waals surface area contributed by atoms with Crippen LogP contribution in [0.15, 0.2) is 47.8 Å². The number of hydrogen-bond acceptors (Lipinski definition) is 9. The quantitative estimate of drug-likeness (QED) is 0.317. The Balaban J connectivity index is 2.29. The molecule has 0 fully saturated rings. The Hall–Kier alpha value is -4.45. The van der Waals surface area contributed by atoms with Crippen molar-refractivity contribution in [3.05, 3.63) is 58.3 Å². The number of rotatable bonds is 12. The topological polar surface area (TPSA) is 125 Å². The zero-order valence-electron chi connectivity index (χ0n) is 25.0. The van der Waals surface area contributed by atoms with Crippen LogP contribution in [0.3, 0.4) is 0 Å². The molecule has 0 aliphatic heterocycles.